The number of ether oxygens (including phenoxy) is 2. The molecular weight excluding hydrogens is 297 g/mol. The smallest absolute Gasteiger partial charge is 0.328 e. The fourth-order valence-corrected chi connectivity index (χ4v) is 2.14. The first kappa shape index (κ1) is 17.3. The van der Waals surface area contributed by atoms with Crippen LogP contribution >= 0.6 is 11.8 Å². The third-order valence-electron chi connectivity index (χ3n) is 2.82. The Kier molecular flexibility index (Phi) is 7.01. The number of amides is 1. The zero-order chi connectivity index (χ0) is 15.8. The van der Waals surface area contributed by atoms with Crippen molar-refractivity contribution in [2.24, 2.45) is 0 Å². The molecule has 0 aliphatic heterocycles. The lowest BCUT2D eigenvalue weighted by Crippen LogP contribution is -2.42. The largest absolute Gasteiger partial charge is 0.497 e. The van der Waals surface area contributed by atoms with Crippen molar-refractivity contribution in [3.63, 3.8) is 0 Å². The van der Waals surface area contributed by atoms with Crippen LogP contribution in [0.1, 0.15) is 16.8 Å². The molecule has 21 heavy (non-hydrogen) atoms. The number of carbonyl (C=O) groups is 2. The van der Waals surface area contributed by atoms with Crippen molar-refractivity contribution >= 4 is 23.6 Å². The molecule has 0 heterocycles. The third kappa shape index (κ3) is 4.93. The molecule has 1 aromatic carbocycles. The van der Waals surface area contributed by atoms with Crippen molar-refractivity contribution in [1.29, 1.82) is 0 Å². The number of esters is 1. The lowest BCUT2D eigenvalue weighted by Gasteiger charge is -2.16. The molecule has 1 amide bonds. The molecule has 0 aromatic heterocycles. The standard InChI is InChI=1S/C14H18FNO4S/c1-19-9-4-5-10(11(15)8-9)13(17)16-12(6-7-21-3)14(18)20-2/h4-5,8,12H,6-7H2,1-3H3,(H,16,17)/t12-/m0/s1. The minimum absolute atomic E-state index is 0.145. The summed E-state index contributed by atoms with van der Waals surface area (Å²) >= 11 is 1.54. The monoisotopic (exact) mass is 315 g/mol. The summed E-state index contributed by atoms with van der Waals surface area (Å²) in [6, 6.07) is 3.11. The topological polar surface area (TPSA) is 64.6 Å². The van der Waals surface area contributed by atoms with E-state index in [9.17, 15) is 14.0 Å². The van der Waals surface area contributed by atoms with Crippen molar-refractivity contribution in [1.82, 2.24) is 5.32 Å². The van der Waals surface area contributed by atoms with Gasteiger partial charge in [0, 0.05) is 6.07 Å². The predicted octanol–water partition coefficient (Wildman–Crippen LogP) is 1.86. The van der Waals surface area contributed by atoms with Gasteiger partial charge in [0.25, 0.3) is 5.91 Å². The highest BCUT2D eigenvalue weighted by Crippen LogP contribution is 2.16. The van der Waals surface area contributed by atoms with E-state index in [1.807, 2.05) is 6.26 Å². The maximum atomic E-state index is 13.8. The number of hydrogen-bond acceptors (Lipinski definition) is 5. The average molecular weight is 315 g/mol. The first-order chi connectivity index (χ1) is 10.0. The Morgan fingerprint density at radius 2 is 2.10 bits per heavy atom. The van der Waals surface area contributed by atoms with E-state index in [1.165, 1.54) is 38.1 Å². The second-order valence-electron chi connectivity index (χ2n) is 4.18. The second kappa shape index (κ2) is 8.51. The number of thioether (sulfide) groups is 1. The van der Waals surface area contributed by atoms with Gasteiger partial charge in [0.05, 0.1) is 19.8 Å². The molecule has 0 aliphatic carbocycles. The Bertz CT molecular complexity index is 510. The van der Waals surface area contributed by atoms with Crippen LogP contribution in [0.3, 0.4) is 0 Å². The zero-order valence-corrected chi connectivity index (χ0v) is 13.0. The van der Waals surface area contributed by atoms with Crippen LogP contribution in [0, 0.1) is 5.82 Å². The van der Waals surface area contributed by atoms with Crippen LogP contribution in [0.4, 0.5) is 4.39 Å². The Labute approximate surface area is 127 Å². The van der Waals surface area contributed by atoms with Gasteiger partial charge < -0.3 is 14.8 Å². The fourth-order valence-electron chi connectivity index (χ4n) is 1.67. The Balaban J connectivity index is 2.83. The first-order valence-electron chi connectivity index (χ1n) is 6.24. The van der Waals surface area contributed by atoms with E-state index in [0.29, 0.717) is 17.9 Å². The van der Waals surface area contributed by atoms with Crippen molar-refractivity contribution < 1.29 is 23.5 Å². The third-order valence-corrected chi connectivity index (χ3v) is 3.47. The van der Waals surface area contributed by atoms with Gasteiger partial charge in [0.15, 0.2) is 0 Å². The molecule has 0 unspecified atom stereocenters. The summed E-state index contributed by atoms with van der Waals surface area (Å²) in [6.07, 6.45) is 2.30. The van der Waals surface area contributed by atoms with Crippen molar-refractivity contribution in [2.75, 3.05) is 26.2 Å². The molecule has 0 bridgehead atoms. The molecule has 0 radical (unpaired) electrons. The van der Waals surface area contributed by atoms with Gasteiger partial charge in [-0.15, -0.1) is 0 Å². The first-order valence-corrected chi connectivity index (χ1v) is 7.64. The maximum absolute atomic E-state index is 13.8. The summed E-state index contributed by atoms with van der Waals surface area (Å²) in [7, 11) is 2.65. The molecule has 116 valence electrons. The molecule has 0 saturated heterocycles. The number of benzene rings is 1. The normalized spacial score (nSPS) is 11.6. The van der Waals surface area contributed by atoms with E-state index in [-0.39, 0.29) is 5.56 Å². The van der Waals surface area contributed by atoms with Crippen molar-refractivity contribution in [3.8, 4) is 5.75 Å². The van der Waals surface area contributed by atoms with Crippen molar-refractivity contribution in [3.05, 3.63) is 29.6 Å². The van der Waals surface area contributed by atoms with Crippen molar-refractivity contribution in [2.45, 2.75) is 12.5 Å². The van der Waals surface area contributed by atoms with E-state index in [4.69, 9.17) is 4.74 Å². The van der Waals surface area contributed by atoms with Gasteiger partial charge in [-0.2, -0.15) is 11.8 Å². The summed E-state index contributed by atoms with van der Waals surface area (Å²) in [5, 5.41) is 2.49. The molecule has 1 rings (SSSR count). The summed E-state index contributed by atoms with van der Waals surface area (Å²) < 4.78 is 23.3. The van der Waals surface area contributed by atoms with Crippen LogP contribution < -0.4 is 10.1 Å². The van der Waals surface area contributed by atoms with Crippen LogP contribution in [-0.4, -0.2) is 44.1 Å². The molecule has 1 atom stereocenters. The van der Waals surface area contributed by atoms with Gasteiger partial charge in [0.2, 0.25) is 0 Å². The number of hydrogen-bond donors (Lipinski definition) is 1. The zero-order valence-electron chi connectivity index (χ0n) is 12.1. The number of rotatable bonds is 7. The van der Waals surface area contributed by atoms with Gasteiger partial charge in [-0.05, 0) is 30.6 Å². The van der Waals surface area contributed by atoms with Gasteiger partial charge >= 0.3 is 5.97 Å². The Hall–Kier alpha value is -1.76. The quantitative estimate of drug-likeness (QED) is 0.778. The number of carbonyl (C=O) groups excluding carboxylic acids is 2. The Morgan fingerprint density at radius 3 is 2.62 bits per heavy atom. The second-order valence-corrected chi connectivity index (χ2v) is 5.16. The molecule has 7 heteroatoms. The fraction of sp³-hybridized carbons (Fsp3) is 0.429. The summed E-state index contributed by atoms with van der Waals surface area (Å²) in [4.78, 5) is 23.7. The van der Waals surface area contributed by atoms with E-state index >= 15 is 0 Å². The number of halogens is 1. The maximum Gasteiger partial charge on any atom is 0.328 e. The molecular formula is C14H18FNO4S. The van der Waals surface area contributed by atoms with Crippen LogP contribution in [0.2, 0.25) is 0 Å². The minimum atomic E-state index is -0.795. The number of methoxy groups -OCH3 is 2. The Morgan fingerprint density at radius 1 is 1.38 bits per heavy atom. The highest BCUT2D eigenvalue weighted by molar-refractivity contribution is 7.98. The molecule has 0 fully saturated rings. The van der Waals surface area contributed by atoms with E-state index in [2.05, 4.69) is 10.1 Å². The molecule has 1 aromatic rings. The van der Waals surface area contributed by atoms with Gasteiger partial charge in [-0.25, -0.2) is 9.18 Å². The number of nitrogens with one attached hydrogen (secondary N) is 1. The SMILES string of the molecule is COC(=O)[C@H](CCSC)NC(=O)c1ccc(OC)cc1F. The molecule has 0 aliphatic rings. The van der Waals surface area contributed by atoms with Gasteiger partial charge in [0.1, 0.15) is 17.6 Å². The molecule has 0 saturated carbocycles. The minimum Gasteiger partial charge on any atom is -0.497 e. The average Bonchev–Trinajstić information content (AvgIpc) is 2.50. The lowest BCUT2D eigenvalue weighted by molar-refractivity contribution is -0.142. The molecule has 5 nitrogen and oxygen atoms in total. The molecule has 1 N–H and O–H groups in total. The van der Waals surface area contributed by atoms with Gasteiger partial charge in [-0.3, -0.25) is 4.79 Å². The van der Waals surface area contributed by atoms with E-state index < -0.39 is 23.7 Å². The van der Waals surface area contributed by atoms with E-state index in [0.717, 1.165) is 6.07 Å². The van der Waals surface area contributed by atoms with E-state index in [1.54, 1.807) is 0 Å². The van der Waals surface area contributed by atoms with Crippen LogP contribution in [-0.2, 0) is 9.53 Å². The van der Waals surface area contributed by atoms with Crippen LogP contribution in [0.15, 0.2) is 18.2 Å². The highest BCUT2D eigenvalue weighted by Gasteiger charge is 2.23. The van der Waals surface area contributed by atoms with Gasteiger partial charge in [-0.1, -0.05) is 0 Å². The van der Waals surface area contributed by atoms with Crippen LogP contribution in [0.25, 0.3) is 0 Å². The summed E-state index contributed by atoms with van der Waals surface area (Å²) in [5.74, 6) is -0.931. The van der Waals surface area contributed by atoms with Crippen LogP contribution in [0.5, 0.6) is 5.75 Å². The summed E-state index contributed by atoms with van der Waals surface area (Å²) in [5.41, 5.74) is -0.145. The summed E-state index contributed by atoms with van der Waals surface area (Å²) in [6.45, 7) is 0. The highest BCUT2D eigenvalue weighted by atomic mass is 32.2. The predicted molar refractivity (Wildman–Crippen MR) is 79.2 cm³/mol. The lowest BCUT2D eigenvalue weighted by atomic mass is 10.1. The molecule has 0 spiro atoms.